The quantitative estimate of drug-likeness (QED) is 0.685. The van der Waals surface area contributed by atoms with Crippen LogP contribution in [0, 0.1) is 10.1 Å². The summed E-state index contributed by atoms with van der Waals surface area (Å²) in [5, 5.41) is 20.6. The third kappa shape index (κ3) is 3.41. The summed E-state index contributed by atoms with van der Waals surface area (Å²) in [4.78, 5) is 10.4. The van der Waals surface area contributed by atoms with Gasteiger partial charge in [-0.2, -0.15) is 0 Å². The maximum atomic E-state index is 11.0. The molecule has 1 rings (SSSR count). The summed E-state index contributed by atoms with van der Waals surface area (Å²) in [6, 6.07) is 2.99. The van der Waals surface area contributed by atoms with Gasteiger partial charge >= 0.3 is 5.69 Å². The van der Waals surface area contributed by atoms with Crippen LogP contribution in [0.3, 0.4) is 0 Å². The molecule has 0 aliphatic heterocycles. The van der Waals surface area contributed by atoms with Crippen LogP contribution < -0.4 is 4.74 Å². The Bertz CT molecular complexity index is 432. The van der Waals surface area contributed by atoms with Gasteiger partial charge in [-0.05, 0) is 26.8 Å². The SMILES string of the molecule is CC(C)Oc1c(C(C)O)cc(Br)cc1[N+](=O)[O-]. The lowest BCUT2D eigenvalue weighted by atomic mass is 10.1. The highest BCUT2D eigenvalue weighted by Crippen LogP contribution is 2.38. The first-order valence-corrected chi connectivity index (χ1v) is 5.94. The number of rotatable bonds is 4. The predicted octanol–water partition coefficient (Wildman–Crippen LogP) is 3.20. The maximum absolute atomic E-state index is 11.0. The van der Waals surface area contributed by atoms with E-state index in [0.717, 1.165) is 0 Å². The molecule has 0 saturated heterocycles. The number of aliphatic hydroxyl groups excluding tert-OH is 1. The van der Waals surface area contributed by atoms with E-state index in [2.05, 4.69) is 15.9 Å². The molecule has 1 unspecified atom stereocenters. The summed E-state index contributed by atoms with van der Waals surface area (Å²) >= 11 is 3.18. The summed E-state index contributed by atoms with van der Waals surface area (Å²) in [6.45, 7) is 5.09. The van der Waals surface area contributed by atoms with Crippen molar-refractivity contribution in [3.05, 3.63) is 32.3 Å². The summed E-state index contributed by atoms with van der Waals surface area (Å²) in [6.07, 6.45) is -1.03. The molecule has 0 spiro atoms. The van der Waals surface area contributed by atoms with Crippen LogP contribution in [0.1, 0.15) is 32.4 Å². The largest absolute Gasteiger partial charge is 0.484 e. The van der Waals surface area contributed by atoms with Crippen molar-refractivity contribution >= 4 is 21.6 Å². The third-order valence-electron chi connectivity index (χ3n) is 2.06. The predicted molar refractivity (Wildman–Crippen MR) is 67.2 cm³/mol. The maximum Gasteiger partial charge on any atom is 0.312 e. The van der Waals surface area contributed by atoms with E-state index < -0.39 is 11.0 Å². The Labute approximate surface area is 108 Å². The highest BCUT2D eigenvalue weighted by molar-refractivity contribution is 9.10. The summed E-state index contributed by atoms with van der Waals surface area (Å²) < 4.78 is 5.97. The van der Waals surface area contributed by atoms with Gasteiger partial charge < -0.3 is 9.84 Å². The molecule has 1 atom stereocenters. The molecule has 0 aliphatic rings. The van der Waals surface area contributed by atoms with E-state index in [1.165, 1.54) is 6.07 Å². The first kappa shape index (κ1) is 13.9. The third-order valence-corrected chi connectivity index (χ3v) is 2.52. The lowest BCUT2D eigenvalue weighted by Gasteiger charge is -2.16. The topological polar surface area (TPSA) is 72.6 Å². The van der Waals surface area contributed by atoms with E-state index in [0.29, 0.717) is 10.0 Å². The molecule has 0 heterocycles. The van der Waals surface area contributed by atoms with E-state index in [1.807, 2.05) is 0 Å². The Hall–Kier alpha value is -1.14. The number of nitrogens with zero attached hydrogens (tertiary/aromatic N) is 1. The van der Waals surface area contributed by atoms with Gasteiger partial charge in [0.1, 0.15) is 0 Å². The Morgan fingerprint density at radius 3 is 2.41 bits per heavy atom. The molecule has 0 aromatic heterocycles. The minimum absolute atomic E-state index is 0.128. The van der Waals surface area contributed by atoms with Crippen molar-refractivity contribution in [2.24, 2.45) is 0 Å². The van der Waals surface area contributed by atoms with E-state index >= 15 is 0 Å². The highest BCUT2D eigenvalue weighted by atomic mass is 79.9. The number of halogens is 1. The van der Waals surface area contributed by atoms with Crippen molar-refractivity contribution in [3.63, 3.8) is 0 Å². The zero-order valence-electron chi connectivity index (χ0n) is 9.81. The molecule has 0 amide bonds. The normalized spacial score (nSPS) is 12.6. The second-order valence-corrected chi connectivity index (χ2v) is 4.86. The average molecular weight is 304 g/mol. The van der Waals surface area contributed by atoms with Crippen LogP contribution in [0.2, 0.25) is 0 Å². The van der Waals surface area contributed by atoms with Crippen molar-refractivity contribution in [1.29, 1.82) is 0 Å². The minimum Gasteiger partial charge on any atom is -0.484 e. The molecule has 94 valence electrons. The standard InChI is InChI=1S/C11H14BrNO4/c1-6(2)17-11-9(7(3)14)4-8(12)5-10(11)13(15)16/h4-7,14H,1-3H3. The molecule has 1 aromatic carbocycles. The Morgan fingerprint density at radius 2 is 2.00 bits per heavy atom. The number of nitro benzene ring substituents is 1. The molecule has 0 aliphatic carbocycles. The fourth-order valence-corrected chi connectivity index (χ4v) is 1.87. The number of nitro groups is 1. The van der Waals surface area contributed by atoms with E-state index in [1.54, 1.807) is 26.8 Å². The van der Waals surface area contributed by atoms with Gasteiger partial charge in [0.25, 0.3) is 0 Å². The number of hydrogen-bond acceptors (Lipinski definition) is 4. The molecule has 1 N–H and O–H groups in total. The average Bonchev–Trinajstić information content (AvgIpc) is 2.18. The molecule has 17 heavy (non-hydrogen) atoms. The highest BCUT2D eigenvalue weighted by Gasteiger charge is 2.23. The van der Waals surface area contributed by atoms with Gasteiger partial charge in [0.2, 0.25) is 5.75 Å². The van der Waals surface area contributed by atoms with Gasteiger partial charge in [-0.3, -0.25) is 10.1 Å². The molecule has 1 aromatic rings. The molecule has 0 fully saturated rings. The fraction of sp³-hybridized carbons (Fsp3) is 0.455. The Kier molecular flexibility index (Phi) is 4.47. The summed E-state index contributed by atoms with van der Waals surface area (Å²) in [5.74, 6) is 0.128. The lowest BCUT2D eigenvalue weighted by molar-refractivity contribution is -0.386. The lowest BCUT2D eigenvalue weighted by Crippen LogP contribution is -2.10. The number of benzene rings is 1. The second kappa shape index (κ2) is 5.46. The van der Waals surface area contributed by atoms with Gasteiger partial charge in [-0.25, -0.2) is 0 Å². The molecule has 5 nitrogen and oxygen atoms in total. The molecular weight excluding hydrogens is 290 g/mol. The van der Waals surface area contributed by atoms with Crippen LogP contribution in [-0.2, 0) is 0 Å². The fourth-order valence-electron chi connectivity index (χ4n) is 1.41. The smallest absolute Gasteiger partial charge is 0.312 e. The molecule has 6 heteroatoms. The second-order valence-electron chi connectivity index (χ2n) is 3.94. The zero-order valence-corrected chi connectivity index (χ0v) is 11.4. The van der Waals surface area contributed by atoms with Crippen LogP contribution in [0.5, 0.6) is 5.75 Å². The first-order valence-electron chi connectivity index (χ1n) is 5.15. The van der Waals surface area contributed by atoms with Crippen LogP contribution >= 0.6 is 15.9 Å². The van der Waals surface area contributed by atoms with Crippen molar-refractivity contribution < 1.29 is 14.8 Å². The molecule has 0 radical (unpaired) electrons. The minimum atomic E-state index is -0.833. The Balaban J connectivity index is 3.41. The molecule has 0 saturated carbocycles. The van der Waals surface area contributed by atoms with Crippen LogP contribution in [0.4, 0.5) is 5.69 Å². The van der Waals surface area contributed by atoms with Gasteiger partial charge in [0.05, 0.1) is 17.1 Å². The Morgan fingerprint density at radius 1 is 1.41 bits per heavy atom. The molecule has 0 bridgehead atoms. The van der Waals surface area contributed by atoms with E-state index in [9.17, 15) is 15.2 Å². The number of ether oxygens (including phenoxy) is 1. The monoisotopic (exact) mass is 303 g/mol. The van der Waals surface area contributed by atoms with Crippen LogP contribution in [-0.4, -0.2) is 16.1 Å². The van der Waals surface area contributed by atoms with Crippen molar-refractivity contribution in [2.75, 3.05) is 0 Å². The van der Waals surface area contributed by atoms with Gasteiger partial charge in [0, 0.05) is 16.1 Å². The number of aliphatic hydroxyl groups is 1. The van der Waals surface area contributed by atoms with Gasteiger partial charge in [-0.15, -0.1) is 0 Å². The van der Waals surface area contributed by atoms with Gasteiger partial charge in [0.15, 0.2) is 0 Å². The van der Waals surface area contributed by atoms with Crippen molar-refractivity contribution in [3.8, 4) is 5.75 Å². The van der Waals surface area contributed by atoms with Crippen LogP contribution in [0.15, 0.2) is 16.6 Å². The zero-order chi connectivity index (χ0) is 13.2. The first-order chi connectivity index (χ1) is 7.82. The molecular formula is C11H14BrNO4. The van der Waals surface area contributed by atoms with Crippen molar-refractivity contribution in [2.45, 2.75) is 33.0 Å². The van der Waals surface area contributed by atoms with Crippen molar-refractivity contribution in [1.82, 2.24) is 0 Å². The summed E-state index contributed by atoms with van der Waals surface area (Å²) in [7, 11) is 0. The van der Waals surface area contributed by atoms with Crippen LogP contribution in [0.25, 0.3) is 0 Å². The van der Waals surface area contributed by atoms with E-state index in [-0.39, 0.29) is 17.5 Å². The van der Waals surface area contributed by atoms with Gasteiger partial charge in [-0.1, -0.05) is 15.9 Å². The van der Waals surface area contributed by atoms with E-state index in [4.69, 9.17) is 4.74 Å². The summed E-state index contributed by atoms with van der Waals surface area (Å²) in [5.41, 5.74) is 0.253. The number of hydrogen-bond donors (Lipinski definition) is 1.